The van der Waals surface area contributed by atoms with Gasteiger partial charge in [0, 0.05) is 17.5 Å². The topological polar surface area (TPSA) is 49.3 Å². The molecule has 4 heteroatoms. The summed E-state index contributed by atoms with van der Waals surface area (Å²) in [5, 5.41) is 14.2. The smallest absolute Gasteiger partial charge is 0.304 e. The minimum absolute atomic E-state index is 0.149. The Bertz CT molecular complexity index is 551. The molecule has 2 N–H and O–H groups in total. The van der Waals surface area contributed by atoms with Crippen molar-refractivity contribution in [2.45, 2.75) is 25.8 Å². The molecule has 0 aliphatic rings. The molecule has 2 aromatic rings. The number of carboxylic acid groups (broad SMARTS) is 1. The third kappa shape index (κ3) is 4.18. The van der Waals surface area contributed by atoms with E-state index in [9.17, 15) is 4.79 Å². The highest BCUT2D eigenvalue weighted by atomic mass is 32.1. The van der Waals surface area contributed by atoms with Gasteiger partial charge in [0.15, 0.2) is 0 Å². The van der Waals surface area contributed by atoms with Crippen molar-refractivity contribution < 1.29 is 9.90 Å². The predicted octanol–water partition coefficient (Wildman–Crippen LogP) is 3.40. The monoisotopic (exact) mass is 289 g/mol. The van der Waals surface area contributed by atoms with Crippen LogP contribution in [0.4, 0.5) is 0 Å². The van der Waals surface area contributed by atoms with Crippen LogP contribution in [0.2, 0.25) is 0 Å². The zero-order valence-corrected chi connectivity index (χ0v) is 12.3. The summed E-state index contributed by atoms with van der Waals surface area (Å²) in [6, 6.07) is 12.6. The fourth-order valence-electron chi connectivity index (χ4n) is 2.20. The summed E-state index contributed by atoms with van der Waals surface area (Å²) in [6.07, 6.45) is 1.03. The number of aliphatic carboxylic acids is 1. The highest BCUT2D eigenvalue weighted by molar-refractivity contribution is 7.10. The van der Waals surface area contributed by atoms with Gasteiger partial charge in [-0.2, -0.15) is 0 Å². The molecule has 0 fully saturated rings. The summed E-state index contributed by atoms with van der Waals surface area (Å²) in [6.45, 7) is 2.59. The van der Waals surface area contributed by atoms with Gasteiger partial charge in [0.05, 0.1) is 6.42 Å². The fraction of sp³-hybridized carbons (Fsp3) is 0.312. The number of aryl methyl sites for hydroxylation is 1. The zero-order chi connectivity index (χ0) is 14.4. The van der Waals surface area contributed by atoms with Crippen molar-refractivity contribution in [3.63, 3.8) is 0 Å². The van der Waals surface area contributed by atoms with Crippen LogP contribution in [0.25, 0.3) is 0 Å². The first-order valence-corrected chi connectivity index (χ1v) is 7.58. The van der Waals surface area contributed by atoms with Crippen molar-refractivity contribution in [1.82, 2.24) is 5.32 Å². The Balaban J connectivity index is 2.08. The standard InChI is InChI=1S/C16H19NO2S/c1-12-8-10-20-16(12)14(17-9-7-15(18)19)11-13-5-3-2-4-6-13/h2-6,8,10,14,17H,7,9,11H2,1H3,(H,18,19). The number of hydrogen-bond acceptors (Lipinski definition) is 3. The molecule has 1 aromatic carbocycles. The number of nitrogens with one attached hydrogen (secondary N) is 1. The minimum Gasteiger partial charge on any atom is -0.481 e. The first-order valence-electron chi connectivity index (χ1n) is 6.70. The number of rotatable bonds is 7. The molecular weight excluding hydrogens is 270 g/mol. The number of benzene rings is 1. The summed E-state index contributed by atoms with van der Waals surface area (Å²) in [5.74, 6) is -0.765. The van der Waals surface area contributed by atoms with Crippen LogP contribution in [0, 0.1) is 6.92 Å². The molecule has 1 unspecified atom stereocenters. The van der Waals surface area contributed by atoms with Crippen LogP contribution < -0.4 is 5.32 Å². The van der Waals surface area contributed by atoms with Gasteiger partial charge in [0.2, 0.25) is 0 Å². The van der Waals surface area contributed by atoms with E-state index in [1.54, 1.807) is 11.3 Å². The summed E-state index contributed by atoms with van der Waals surface area (Å²) in [4.78, 5) is 11.9. The van der Waals surface area contributed by atoms with Crippen molar-refractivity contribution in [1.29, 1.82) is 0 Å². The number of carbonyl (C=O) groups is 1. The van der Waals surface area contributed by atoms with E-state index in [4.69, 9.17) is 5.11 Å². The highest BCUT2D eigenvalue weighted by Gasteiger charge is 2.15. The molecular formula is C16H19NO2S. The fourth-order valence-corrected chi connectivity index (χ4v) is 3.21. The molecule has 1 heterocycles. The molecule has 0 bridgehead atoms. The number of carboxylic acids is 1. The third-order valence-electron chi connectivity index (χ3n) is 3.23. The van der Waals surface area contributed by atoms with E-state index in [1.165, 1.54) is 16.0 Å². The second-order valence-electron chi connectivity index (χ2n) is 4.81. The van der Waals surface area contributed by atoms with E-state index in [2.05, 4.69) is 35.8 Å². The Morgan fingerprint density at radius 3 is 2.65 bits per heavy atom. The van der Waals surface area contributed by atoms with E-state index in [0.717, 1.165) is 6.42 Å². The second kappa shape index (κ2) is 7.22. The van der Waals surface area contributed by atoms with Gasteiger partial charge < -0.3 is 10.4 Å². The SMILES string of the molecule is Cc1ccsc1C(Cc1ccccc1)NCCC(=O)O. The molecule has 0 amide bonds. The molecule has 20 heavy (non-hydrogen) atoms. The van der Waals surface area contributed by atoms with Gasteiger partial charge in [-0.1, -0.05) is 30.3 Å². The maximum absolute atomic E-state index is 10.7. The van der Waals surface area contributed by atoms with E-state index in [-0.39, 0.29) is 12.5 Å². The van der Waals surface area contributed by atoms with Crippen molar-refractivity contribution in [3.8, 4) is 0 Å². The van der Waals surface area contributed by atoms with Crippen molar-refractivity contribution in [3.05, 3.63) is 57.8 Å². The maximum atomic E-state index is 10.7. The molecule has 2 rings (SSSR count). The molecule has 0 aliphatic carbocycles. The number of thiophene rings is 1. The number of hydrogen-bond donors (Lipinski definition) is 2. The molecule has 1 atom stereocenters. The quantitative estimate of drug-likeness (QED) is 0.821. The Hall–Kier alpha value is -1.65. The predicted molar refractivity (Wildman–Crippen MR) is 82.2 cm³/mol. The molecule has 0 saturated carbocycles. The zero-order valence-electron chi connectivity index (χ0n) is 11.5. The largest absolute Gasteiger partial charge is 0.481 e. The van der Waals surface area contributed by atoms with Crippen LogP contribution in [-0.2, 0) is 11.2 Å². The first-order chi connectivity index (χ1) is 9.66. The summed E-state index contributed by atoms with van der Waals surface area (Å²) >= 11 is 1.73. The summed E-state index contributed by atoms with van der Waals surface area (Å²) < 4.78 is 0. The van der Waals surface area contributed by atoms with Gasteiger partial charge in [-0.15, -0.1) is 11.3 Å². The third-order valence-corrected chi connectivity index (χ3v) is 4.36. The van der Waals surface area contributed by atoms with E-state index in [1.807, 2.05) is 18.2 Å². The van der Waals surface area contributed by atoms with Gasteiger partial charge in [-0.25, -0.2) is 0 Å². The highest BCUT2D eigenvalue weighted by Crippen LogP contribution is 2.26. The molecule has 0 saturated heterocycles. The summed E-state index contributed by atoms with van der Waals surface area (Å²) in [7, 11) is 0. The van der Waals surface area contributed by atoms with Crippen molar-refractivity contribution >= 4 is 17.3 Å². The second-order valence-corrected chi connectivity index (χ2v) is 5.76. The van der Waals surface area contributed by atoms with Crippen LogP contribution in [0.1, 0.15) is 28.5 Å². The lowest BCUT2D eigenvalue weighted by atomic mass is 10.0. The normalized spacial score (nSPS) is 12.2. The van der Waals surface area contributed by atoms with Gasteiger partial charge in [0.1, 0.15) is 0 Å². The van der Waals surface area contributed by atoms with Crippen LogP contribution in [0.15, 0.2) is 41.8 Å². The van der Waals surface area contributed by atoms with Crippen molar-refractivity contribution in [2.24, 2.45) is 0 Å². The van der Waals surface area contributed by atoms with E-state index < -0.39 is 5.97 Å². The molecule has 106 valence electrons. The van der Waals surface area contributed by atoms with E-state index >= 15 is 0 Å². The van der Waals surface area contributed by atoms with Crippen molar-refractivity contribution in [2.75, 3.05) is 6.54 Å². The molecule has 1 aromatic heterocycles. The first kappa shape index (κ1) is 14.8. The van der Waals surface area contributed by atoms with Gasteiger partial charge in [0.25, 0.3) is 0 Å². The molecule has 3 nitrogen and oxygen atoms in total. The Kier molecular flexibility index (Phi) is 5.32. The lowest BCUT2D eigenvalue weighted by molar-refractivity contribution is -0.136. The summed E-state index contributed by atoms with van der Waals surface area (Å²) in [5.41, 5.74) is 2.52. The van der Waals surface area contributed by atoms with Crippen LogP contribution in [-0.4, -0.2) is 17.6 Å². The lowest BCUT2D eigenvalue weighted by Crippen LogP contribution is -2.25. The van der Waals surface area contributed by atoms with Crippen LogP contribution in [0.5, 0.6) is 0 Å². The molecule has 0 aliphatic heterocycles. The Labute approximate surface area is 123 Å². The van der Waals surface area contributed by atoms with E-state index in [0.29, 0.717) is 6.54 Å². The minimum atomic E-state index is -0.765. The van der Waals surface area contributed by atoms with Gasteiger partial charge >= 0.3 is 5.97 Å². The van der Waals surface area contributed by atoms with Gasteiger partial charge in [-0.3, -0.25) is 4.79 Å². The average molecular weight is 289 g/mol. The average Bonchev–Trinajstić information content (AvgIpc) is 2.85. The molecule has 0 spiro atoms. The molecule has 0 radical (unpaired) electrons. The van der Waals surface area contributed by atoms with Crippen LogP contribution in [0.3, 0.4) is 0 Å². The Morgan fingerprint density at radius 1 is 1.30 bits per heavy atom. The van der Waals surface area contributed by atoms with Crippen LogP contribution >= 0.6 is 11.3 Å². The Morgan fingerprint density at radius 2 is 2.05 bits per heavy atom. The van der Waals surface area contributed by atoms with Gasteiger partial charge in [-0.05, 0) is 35.9 Å². The maximum Gasteiger partial charge on any atom is 0.304 e. The lowest BCUT2D eigenvalue weighted by Gasteiger charge is -2.18.